The van der Waals surface area contributed by atoms with Crippen molar-refractivity contribution in [1.29, 1.82) is 0 Å². The Bertz CT molecular complexity index is 1040. The molecule has 4 rings (SSSR count). The summed E-state index contributed by atoms with van der Waals surface area (Å²) in [5.74, 6) is 0.00502. The van der Waals surface area contributed by atoms with E-state index in [0.29, 0.717) is 23.4 Å². The molecule has 1 amide bonds. The summed E-state index contributed by atoms with van der Waals surface area (Å²) in [6.07, 6.45) is 5.64. The van der Waals surface area contributed by atoms with Gasteiger partial charge >= 0.3 is 5.97 Å². The average Bonchev–Trinajstić information content (AvgIpc) is 3.10. The lowest BCUT2D eigenvalue weighted by molar-refractivity contribution is 0.0599. The van der Waals surface area contributed by atoms with E-state index < -0.39 is 5.97 Å². The SMILES string of the molecule is CCn1cc2c(Oc3cnc(C(=O)N4CCC4)cn3)cc(C(=O)OC)cc2n1. The van der Waals surface area contributed by atoms with Crippen LogP contribution < -0.4 is 4.74 Å². The standard InChI is InChI=1S/C19H19N5O4/c1-3-24-11-13-14(22-24)7-12(19(26)27-2)8-16(13)28-17-10-20-15(9-21-17)18(25)23-5-4-6-23/h7-11H,3-6H2,1-2H3. The molecule has 144 valence electrons. The Hall–Kier alpha value is -3.49. The van der Waals surface area contributed by atoms with E-state index in [1.54, 1.807) is 21.7 Å². The van der Waals surface area contributed by atoms with Gasteiger partial charge in [-0.05, 0) is 25.5 Å². The van der Waals surface area contributed by atoms with Crippen LogP contribution in [0.15, 0.2) is 30.7 Å². The highest BCUT2D eigenvalue weighted by molar-refractivity contribution is 5.97. The molecule has 0 atom stereocenters. The van der Waals surface area contributed by atoms with Gasteiger partial charge in [0, 0.05) is 25.8 Å². The van der Waals surface area contributed by atoms with Gasteiger partial charge in [-0.2, -0.15) is 5.10 Å². The molecule has 0 aliphatic carbocycles. The summed E-state index contributed by atoms with van der Waals surface area (Å²) >= 11 is 0. The van der Waals surface area contributed by atoms with E-state index in [1.807, 2.05) is 13.1 Å². The van der Waals surface area contributed by atoms with Gasteiger partial charge in [0.2, 0.25) is 5.88 Å². The maximum absolute atomic E-state index is 12.2. The minimum Gasteiger partial charge on any atom is -0.465 e. The Labute approximate surface area is 160 Å². The Kier molecular flexibility index (Phi) is 4.64. The molecule has 0 N–H and O–H groups in total. The van der Waals surface area contributed by atoms with E-state index >= 15 is 0 Å². The van der Waals surface area contributed by atoms with Gasteiger partial charge in [0.05, 0.1) is 36.0 Å². The average molecular weight is 381 g/mol. The number of aromatic nitrogens is 4. The summed E-state index contributed by atoms with van der Waals surface area (Å²) in [7, 11) is 1.32. The van der Waals surface area contributed by atoms with E-state index in [2.05, 4.69) is 15.1 Å². The number of carbonyl (C=O) groups is 2. The van der Waals surface area contributed by atoms with E-state index in [9.17, 15) is 9.59 Å². The quantitative estimate of drug-likeness (QED) is 0.625. The predicted octanol–water partition coefficient (Wildman–Crippen LogP) is 2.27. The number of amides is 1. The number of benzene rings is 1. The molecule has 1 aliphatic heterocycles. The first kappa shape index (κ1) is 17.9. The number of esters is 1. The zero-order valence-corrected chi connectivity index (χ0v) is 15.6. The molecule has 1 aliphatic rings. The van der Waals surface area contributed by atoms with Crippen LogP contribution in [0.2, 0.25) is 0 Å². The molecule has 3 aromatic rings. The van der Waals surface area contributed by atoms with E-state index in [4.69, 9.17) is 9.47 Å². The maximum atomic E-state index is 12.2. The molecule has 0 saturated carbocycles. The van der Waals surface area contributed by atoms with E-state index in [0.717, 1.165) is 24.9 Å². The number of hydrogen-bond acceptors (Lipinski definition) is 7. The van der Waals surface area contributed by atoms with Gasteiger partial charge in [-0.15, -0.1) is 0 Å². The third kappa shape index (κ3) is 3.26. The minimum atomic E-state index is -0.487. The summed E-state index contributed by atoms with van der Waals surface area (Å²) in [5, 5.41) is 5.16. The second-order valence-corrected chi connectivity index (χ2v) is 6.37. The first-order chi connectivity index (χ1) is 13.6. The van der Waals surface area contributed by atoms with Crippen molar-refractivity contribution < 1.29 is 19.1 Å². The lowest BCUT2D eigenvalue weighted by Gasteiger charge is -2.30. The molecule has 1 aromatic carbocycles. The molecule has 1 fully saturated rings. The van der Waals surface area contributed by atoms with E-state index in [1.165, 1.54) is 19.5 Å². The molecule has 9 heteroatoms. The van der Waals surface area contributed by atoms with Gasteiger partial charge in [-0.1, -0.05) is 0 Å². The molecule has 0 bridgehead atoms. The summed E-state index contributed by atoms with van der Waals surface area (Å²) in [6, 6.07) is 3.23. The number of ether oxygens (including phenoxy) is 2. The lowest BCUT2D eigenvalue weighted by Crippen LogP contribution is -2.42. The minimum absolute atomic E-state index is 0.135. The fourth-order valence-corrected chi connectivity index (χ4v) is 2.90. The van der Waals surface area contributed by atoms with Gasteiger partial charge in [0.25, 0.3) is 5.91 Å². The lowest BCUT2D eigenvalue weighted by atomic mass is 10.1. The van der Waals surface area contributed by atoms with Crippen LogP contribution in [0.5, 0.6) is 11.6 Å². The highest BCUT2D eigenvalue weighted by Crippen LogP contribution is 2.30. The molecule has 9 nitrogen and oxygen atoms in total. The number of carbonyl (C=O) groups excluding carboxylic acids is 2. The molecule has 3 heterocycles. The van der Waals surface area contributed by atoms with Crippen LogP contribution in [0.25, 0.3) is 10.9 Å². The fourth-order valence-electron chi connectivity index (χ4n) is 2.90. The Balaban J connectivity index is 1.65. The first-order valence-electron chi connectivity index (χ1n) is 8.97. The number of methoxy groups -OCH3 is 1. The molecule has 0 unspecified atom stereocenters. The molecular formula is C19H19N5O4. The first-order valence-corrected chi connectivity index (χ1v) is 8.97. The fraction of sp³-hybridized carbons (Fsp3) is 0.316. The van der Waals surface area contributed by atoms with Crippen molar-refractivity contribution in [2.45, 2.75) is 19.9 Å². The predicted molar refractivity (Wildman–Crippen MR) is 99.4 cm³/mol. The van der Waals surface area contributed by atoms with Crippen molar-refractivity contribution in [2.75, 3.05) is 20.2 Å². The summed E-state index contributed by atoms with van der Waals surface area (Å²) in [5.41, 5.74) is 1.21. The Morgan fingerprint density at radius 2 is 2.00 bits per heavy atom. The van der Waals surface area contributed by atoms with Crippen molar-refractivity contribution in [3.05, 3.63) is 42.0 Å². The second-order valence-electron chi connectivity index (χ2n) is 6.37. The molecule has 0 spiro atoms. The van der Waals surface area contributed by atoms with Crippen LogP contribution in [0, 0.1) is 0 Å². The number of hydrogen-bond donors (Lipinski definition) is 0. The smallest absolute Gasteiger partial charge is 0.338 e. The summed E-state index contributed by atoms with van der Waals surface area (Å²) in [6.45, 7) is 4.14. The Morgan fingerprint density at radius 1 is 1.18 bits per heavy atom. The number of rotatable bonds is 5. The third-order valence-electron chi connectivity index (χ3n) is 4.58. The zero-order chi connectivity index (χ0) is 19.7. The van der Waals surface area contributed by atoms with Crippen molar-refractivity contribution in [2.24, 2.45) is 0 Å². The van der Waals surface area contributed by atoms with Crippen molar-refractivity contribution in [3.63, 3.8) is 0 Å². The number of likely N-dealkylation sites (tertiary alicyclic amines) is 1. The highest BCUT2D eigenvalue weighted by atomic mass is 16.5. The van der Waals surface area contributed by atoms with Crippen molar-refractivity contribution in [3.8, 4) is 11.6 Å². The van der Waals surface area contributed by atoms with Crippen LogP contribution in [0.3, 0.4) is 0 Å². The summed E-state index contributed by atoms with van der Waals surface area (Å²) < 4.78 is 12.4. The van der Waals surface area contributed by atoms with Crippen LogP contribution >= 0.6 is 0 Å². The summed E-state index contributed by atoms with van der Waals surface area (Å²) in [4.78, 5) is 34.2. The molecule has 2 aromatic heterocycles. The number of aryl methyl sites for hydroxylation is 1. The van der Waals surface area contributed by atoms with Gasteiger partial charge in [0.1, 0.15) is 11.4 Å². The number of fused-ring (bicyclic) bond motifs is 1. The van der Waals surface area contributed by atoms with Gasteiger partial charge in [0.15, 0.2) is 0 Å². The zero-order valence-electron chi connectivity index (χ0n) is 15.6. The third-order valence-corrected chi connectivity index (χ3v) is 4.58. The van der Waals surface area contributed by atoms with Gasteiger partial charge < -0.3 is 14.4 Å². The van der Waals surface area contributed by atoms with E-state index in [-0.39, 0.29) is 17.5 Å². The largest absolute Gasteiger partial charge is 0.465 e. The van der Waals surface area contributed by atoms with Crippen LogP contribution in [-0.2, 0) is 11.3 Å². The highest BCUT2D eigenvalue weighted by Gasteiger charge is 2.23. The molecule has 28 heavy (non-hydrogen) atoms. The monoisotopic (exact) mass is 381 g/mol. The normalized spacial score (nSPS) is 13.3. The van der Waals surface area contributed by atoms with Crippen molar-refractivity contribution >= 4 is 22.8 Å². The molecule has 0 radical (unpaired) electrons. The van der Waals surface area contributed by atoms with Crippen molar-refractivity contribution in [1.82, 2.24) is 24.6 Å². The van der Waals surface area contributed by atoms with Crippen LogP contribution in [0.4, 0.5) is 0 Å². The maximum Gasteiger partial charge on any atom is 0.338 e. The van der Waals surface area contributed by atoms with Gasteiger partial charge in [-0.3, -0.25) is 9.48 Å². The van der Waals surface area contributed by atoms with Crippen LogP contribution in [-0.4, -0.2) is 56.7 Å². The Morgan fingerprint density at radius 3 is 2.61 bits per heavy atom. The second kappa shape index (κ2) is 7.26. The van der Waals surface area contributed by atoms with Gasteiger partial charge in [-0.25, -0.2) is 14.8 Å². The van der Waals surface area contributed by atoms with Crippen LogP contribution in [0.1, 0.15) is 34.2 Å². The molecule has 1 saturated heterocycles. The number of nitrogens with zero attached hydrogens (tertiary/aromatic N) is 5. The topological polar surface area (TPSA) is 99.4 Å². The molecular weight excluding hydrogens is 362 g/mol.